The van der Waals surface area contributed by atoms with Crippen LogP contribution in [0.15, 0.2) is 18.2 Å². The lowest BCUT2D eigenvalue weighted by molar-refractivity contribution is 0.0118. The number of amides is 1. The number of alkyl halides is 2. The number of hydrogen-bond donors (Lipinski definition) is 2. The van der Waals surface area contributed by atoms with Crippen molar-refractivity contribution in [3.8, 4) is 0 Å². The summed E-state index contributed by atoms with van der Waals surface area (Å²) in [7, 11) is 0. The minimum Gasteiger partial charge on any atom is -0.346 e. The van der Waals surface area contributed by atoms with E-state index < -0.39 is 24.9 Å². The maximum absolute atomic E-state index is 12.9. The predicted molar refractivity (Wildman–Crippen MR) is 72.0 cm³/mol. The Morgan fingerprint density at radius 3 is 2.68 bits per heavy atom. The number of nitrogens with two attached hydrogens (primary N) is 1. The maximum Gasteiger partial charge on any atom is 0.277 e. The van der Waals surface area contributed by atoms with Crippen molar-refractivity contribution in [1.29, 1.82) is 0 Å². The lowest BCUT2D eigenvalue weighted by Crippen LogP contribution is -2.41. The molecule has 0 saturated carbocycles. The molecule has 2 rings (SSSR count). The Bertz CT molecular complexity index is 466. The van der Waals surface area contributed by atoms with Gasteiger partial charge in [-0.05, 0) is 42.5 Å². The van der Waals surface area contributed by atoms with Gasteiger partial charge in [0, 0.05) is 5.56 Å². The van der Waals surface area contributed by atoms with Crippen LogP contribution in [-0.2, 0) is 12.8 Å². The second kappa shape index (κ2) is 6.30. The fourth-order valence-electron chi connectivity index (χ4n) is 2.10. The minimum atomic E-state index is -3.05. The first-order chi connectivity index (χ1) is 8.52. The van der Waals surface area contributed by atoms with Crippen LogP contribution in [0.3, 0.4) is 0 Å². The van der Waals surface area contributed by atoms with Crippen LogP contribution in [0.4, 0.5) is 8.78 Å². The quantitative estimate of drug-likeness (QED) is 0.890. The Hall–Kier alpha value is -1.20. The van der Waals surface area contributed by atoms with Gasteiger partial charge in [-0.15, -0.1) is 12.4 Å². The van der Waals surface area contributed by atoms with Crippen molar-refractivity contribution >= 4 is 18.3 Å². The number of hydrogen-bond acceptors (Lipinski definition) is 2. The molecule has 1 aromatic carbocycles. The first-order valence-corrected chi connectivity index (χ1v) is 6.00. The van der Waals surface area contributed by atoms with Crippen molar-refractivity contribution in [3.63, 3.8) is 0 Å². The van der Waals surface area contributed by atoms with Gasteiger partial charge in [-0.1, -0.05) is 6.07 Å². The third-order valence-electron chi connectivity index (χ3n) is 3.17. The van der Waals surface area contributed by atoms with E-state index in [0.717, 1.165) is 24.8 Å². The van der Waals surface area contributed by atoms with Gasteiger partial charge in [0.15, 0.2) is 0 Å². The van der Waals surface area contributed by atoms with Crippen LogP contribution in [0.5, 0.6) is 0 Å². The number of carbonyl (C=O) groups is 1. The molecule has 1 aliphatic carbocycles. The van der Waals surface area contributed by atoms with E-state index in [-0.39, 0.29) is 12.4 Å². The summed E-state index contributed by atoms with van der Waals surface area (Å²) in [6.07, 6.45) is 3.07. The van der Waals surface area contributed by atoms with Gasteiger partial charge in [-0.3, -0.25) is 4.79 Å². The summed E-state index contributed by atoms with van der Waals surface area (Å²) >= 11 is 0. The zero-order chi connectivity index (χ0) is 13.2. The second-order valence-corrected chi connectivity index (χ2v) is 4.58. The number of halogens is 3. The van der Waals surface area contributed by atoms with Crippen molar-refractivity contribution in [3.05, 3.63) is 34.9 Å². The van der Waals surface area contributed by atoms with E-state index in [9.17, 15) is 13.6 Å². The van der Waals surface area contributed by atoms with E-state index in [2.05, 4.69) is 5.32 Å². The molecule has 0 spiro atoms. The molecule has 1 amide bonds. The van der Waals surface area contributed by atoms with Crippen molar-refractivity contribution in [2.75, 3.05) is 13.1 Å². The summed E-state index contributed by atoms with van der Waals surface area (Å²) in [6, 6.07) is 5.37. The van der Waals surface area contributed by atoms with Crippen LogP contribution in [0.1, 0.15) is 27.9 Å². The van der Waals surface area contributed by atoms with Gasteiger partial charge in [0.2, 0.25) is 0 Å². The molecule has 0 unspecified atom stereocenters. The van der Waals surface area contributed by atoms with Gasteiger partial charge in [0.1, 0.15) is 0 Å². The Morgan fingerprint density at radius 1 is 1.32 bits per heavy atom. The molecule has 0 bridgehead atoms. The molecule has 6 heteroatoms. The lowest BCUT2D eigenvalue weighted by Gasteiger charge is -2.14. The van der Waals surface area contributed by atoms with Crippen LogP contribution in [0, 0.1) is 0 Å². The minimum absolute atomic E-state index is 0. The fraction of sp³-hybridized carbons (Fsp3) is 0.462. The standard InChI is InChI=1S/C13H16F2N2O.ClH/c14-13(15,7-16)8-17-12(18)11-5-4-9-2-1-3-10(9)6-11;/h4-6H,1-3,7-8,16H2,(H,17,18);1H. The zero-order valence-electron chi connectivity index (χ0n) is 10.4. The van der Waals surface area contributed by atoms with E-state index in [1.54, 1.807) is 12.1 Å². The number of carbonyl (C=O) groups excluding carboxylic acids is 1. The van der Waals surface area contributed by atoms with Gasteiger partial charge >= 0.3 is 0 Å². The van der Waals surface area contributed by atoms with E-state index in [1.165, 1.54) is 5.56 Å². The number of fused-ring (bicyclic) bond motifs is 1. The highest BCUT2D eigenvalue weighted by atomic mass is 35.5. The molecule has 0 atom stereocenters. The molecular weight excluding hydrogens is 274 g/mol. The third kappa shape index (κ3) is 3.88. The molecule has 19 heavy (non-hydrogen) atoms. The summed E-state index contributed by atoms with van der Waals surface area (Å²) in [6.45, 7) is -1.49. The van der Waals surface area contributed by atoms with Crippen LogP contribution < -0.4 is 11.1 Å². The summed E-state index contributed by atoms with van der Waals surface area (Å²) in [5.41, 5.74) is 7.73. The summed E-state index contributed by atoms with van der Waals surface area (Å²) in [4.78, 5) is 11.7. The Kier molecular flexibility index (Phi) is 5.26. The molecule has 1 aliphatic rings. The predicted octanol–water partition coefficient (Wildman–Crippen LogP) is 1.92. The van der Waals surface area contributed by atoms with Crippen molar-refractivity contribution in [1.82, 2.24) is 5.32 Å². The average Bonchev–Trinajstić information content (AvgIpc) is 2.83. The van der Waals surface area contributed by atoms with E-state index >= 15 is 0 Å². The van der Waals surface area contributed by atoms with Crippen molar-refractivity contribution in [2.45, 2.75) is 25.2 Å². The maximum atomic E-state index is 12.9. The molecular formula is C13H17ClF2N2O. The first kappa shape index (κ1) is 15.9. The third-order valence-corrected chi connectivity index (χ3v) is 3.17. The normalized spacial score (nSPS) is 13.6. The Morgan fingerprint density at radius 2 is 2.00 bits per heavy atom. The van der Waals surface area contributed by atoms with Gasteiger partial charge in [0.05, 0.1) is 13.1 Å². The van der Waals surface area contributed by atoms with Gasteiger partial charge < -0.3 is 11.1 Å². The molecule has 0 aliphatic heterocycles. The van der Waals surface area contributed by atoms with Gasteiger partial charge in [-0.25, -0.2) is 8.78 Å². The molecule has 3 N–H and O–H groups in total. The number of benzene rings is 1. The van der Waals surface area contributed by atoms with Gasteiger partial charge in [-0.2, -0.15) is 0 Å². The number of nitrogens with one attached hydrogen (secondary N) is 1. The van der Waals surface area contributed by atoms with Gasteiger partial charge in [0.25, 0.3) is 11.8 Å². The zero-order valence-corrected chi connectivity index (χ0v) is 11.2. The SMILES string of the molecule is Cl.NCC(F)(F)CNC(=O)c1ccc2c(c1)CCC2. The molecule has 1 aromatic rings. The highest BCUT2D eigenvalue weighted by molar-refractivity contribution is 5.94. The molecule has 106 valence electrons. The highest BCUT2D eigenvalue weighted by Gasteiger charge is 2.27. The largest absolute Gasteiger partial charge is 0.346 e. The fourth-order valence-corrected chi connectivity index (χ4v) is 2.10. The number of aryl methyl sites for hydroxylation is 2. The molecule has 3 nitrogen and oxygen atoms in total. The highest BCUT2D eigenvalue weighted by Crippen LogP contribution is 2.22. The van der Waals surface area contributed by atoms with Crippen LogP contribution in [-0.4, -0.2) is 24.9 Å². The summed E-state index contributed by atoms with van der Waals surface area (Å²) in [5, 5.41) is 2.21. The Labute approximate surface area is 117 Å². The molecule has 0 heterocycles. The lowest BCUT2D eigenvalue weighted by atomic mass is 10.1. The van der Waals surface area contributed by atoms with Crippen LogP contribution in [0.25, 0.3) is 0 Å². The average molecular weight is 291 g/mol. The molecule has 0 fully saturated rings. The molecule has 0 aromatic heterocycles. The monoisotopic (exact) mass is 290 g/mol. The number of rotatable bonds is 4. The summed E-state index contributed by atoms with van der Waals surface area (Å²) < 4.78 is 25.8. The smallest absolute Gasteiger partial charge is 0.277 e. The Balaban J connectivity index is 0.00000180. The van der Waals surface area contributed by atoms with Crippen molar-refractivity contribution < 1.29 is 13.6 Å². The van der Waals surface area contributed by atoms with E-state index in [0.29, 0.717) is 5.56 Å². The summed E-state index contributed by atoms with van der Waals surface area (Å²) in [5.74, 6) is -3.52. The van der Waals surface area contributed by atoms with Crippen LogP contribution in [0.2, 0.25) is 0 Å². The first-order valence-electron chi connectivity index (χ1n) is 6.00. The van der Waals surface area contributed by atoms with E-state index in [1.807, 2.05) is 6.07 Å². The molecule has 0 radical (unpaired) electrons. The van der Waals surface area contributed by atoms with Crippen LogP contribution >= 0.6 is 12.4 Å². The second-order valence-electron chi connectivity index (χ2n) is 4.58. The van der Waals surface area contributed by atoms with E-state index in [4.69, 9.17) is 5.73 Å². The topological polar surface area (TPSA) is 55.1 Å². The van der Waals surface area contributed by atoms with Crippen molar-refractivity contribution in [2.24, 2.45) is 5.73 Å². The molecule has 0 saturated heterocycles.